The second kappa shape index (κ2) is 6.81. The lowest BCUT2D eigenvalue weighted by Gasteiger charge is -2.32. The Hall–Kier alpha value is -2.04. The summed E-state index contributed by atoms with van der Waals surface area (Å²) in [5, 5.41) is 8.66. The van der Waals surface area contributed by atoms with E-state index in [1.807, 2.05) is 4.90 Å². The van der Waals surface area contributed by atoms with Gasteiger partial charge in [0.2, 0.25) is 0 Å². The van der Waals surface area contributed by atoms with Gasteiger partial charge in [-0.2, -0.15) is 0 Å². The molecule has 5 heteroatoms. The van der Waals surface area contributed by atoms with Crippen molar-refractivity contribution in [3.8, 4) is 5.75 Å². The fraction of sp³-hybridized carbons (Fsp3) is 0.529. The molecule has 0 radical (unpaired) electrons. The second-order valence-corrected chi connectivity index (χ2v) is 6.14. The van der Waals surface area contributed by atoms with Crippen molar-refractivity contribution in [2.24, 2.45) is 5.92 Å². The molecule has 22 heavy (non-hydrogen) atoms. The molecule has 0 spiro atoms. The Bertz CT molecular complexity index is 551. The molecule has 2 rings (SSSR count). The Morgan fingerprint density at radius 3 is 2.55 bits per heavy atom. The number of hydrogen-bond acceptors (Lipinski definition) is 3. The average molecular weight is 305 g/mol. The molecule has 1 aliphatic carbocycles. The first kappa shape index (κ1) is 16.3. The molecule has 0 saturated heterocycles. The van der Waals surface area contributed by atoms with E-state index in [1.54, 1.807) is 24.3 Å². The topological polar surface area (TPSA) is 66.8 Å². The van der Waals surface area contributed by atoms with Crippen LogP contribution in [0, 0.1) is 5.92 Å². The summed E-state index contributed by atoms with van der Waals surface area (Å²) in [6.07, 6.45) is 2.11. The van der Waals surface area contributed by atoms with Crippen LogP contribution in [-0.4, -0.2) is 40.6 Å². The maximum Gasteiger partial charge on any atom is 0.341 e. The van der Waals surface area contributed by atoms with E-state index in [9.17, 15) is 9.59 Å². The molecule has 1 fully saturated rings. The van der Waals surface area contributed by atoms with Crippen molar-refractivity contribution in [2.75, 3.05) is 6.61 Å². The number of hydrogen-bond donors (Lipinski definition) is 1. The van der Waals surface area contributed by atoms with E-state index >= 15 is 0 Å². The fourth-order valence-corrected chi connectivity index (χ4v) is 2.37. The summed E-state index contributed by atoms with van der Waals surface area (Å²) >= 11 is 0. The van der Waals surface area contributed by atoms with Crippen LogP contribution in [0.5, 0.6) is 5.75 Å². The Balaban J connectivity index is 2.16. The number of aliphatic carboxylic acids is 1. The van der Waals surface area contributed by atoms with Crippen LogP contribution in [0.2, 0.25) is 0 Å². The zero-order chi connectivity index (χ0) is 16.3. The van der Waals surface area contributed by atoms with E-state index < -0.39 is 12.6 Å². The lowest BCUT2D eigenvalue weighted by Crippen LogP contribution is -2.43. The van der Waals surface area contributed by atoms with Crippen molar-refractivity contribution in [2.45, 2.75) is 45.7 Å². The van der Waals surface area contributed by atoms with Gasteiger partial charge in [0.1, 0.15) is 5.75 Å². The molecule has 1 atom stereocenters. The smallest absolute Gasteiger partial charge is 0.341 e. The molecule has 0 bridgehead atoms. The monoisotopic (exact) mass is 305 g/mol. The number of carboxylic acids is 1. The van der Waals surface area contributed by atoms with Gasteiger partial charge in [-0.3, -0.25) is 4.79 Å². The average Bonchev–Trinajstić information content (AvgIpc) is 3.30. The standard InChI is InChI=1S/C17H23NO4/c1-11(2)12(3)18(14-7-8-14)17(21)13-5-4-6-15(9-13)22-10-16(19)20/h4-6,9,11-12,14H,7-8,10H2,1-3H3,(H,19,20). The van der Waals surface area contributed by atoms with Crippen LogP contribution in [0.4, 0.5) is 0 Å². The quantitative estimate of drug-likeness (QED) is 0.841. The predicted octanol–water partition coefficient (Wildman–Crippen LogP) is 2.80. The van der Waals surface area contributed by atoms with Crippen molar-refractivity contribution >= 4 is 11.9 Å². The maximum atomic E-state index is 12.8. The van der Waals surface area contributed by atoms with Crippen molar-refractivity contribution in [3.05, 3.63) is 29.8 Å². The molecular formula is C17H23NO4. The summed E-state index contributed by atoms with van der Waals surface area (Å²) in [4.78, 5) is 25.3. The second-order valence-electron chi connectivity index (χ2n) is 6.14. The third-order valence-electron chi connectivity index (χ3n) is 4.02. The van der Waals surface area contributed by atoms with Crippen LogP contribution >= 0.6 is 0 Å². The molecule has 0 aromatic heterocycles. The summed E-state index contributed by atoms with van der Waals surface area (Å²) in [5.74, 6) is -0.258. The van der Waals surface area contributed by atoms with Gasteiger partial charge in [0.05, 0.1) is 0 Å². The van der Waals surface area contributed by atoms with Crippen molar-refractivity contribution in [1.82, 2.24) is 4.90 Å². The highest BCUT2D eigenvalue weighted by molar-refractivity contribution is 5.95. The molecule has 1 aromatic carbocycles. The first-order valence-electron chi connectivity index (χ1n) is 7.67. The van der Waals surface area contributed by atoms with Crippen LogP contribution in [0.25, 0.3) is 0 Å². The molecular weight excluding hydrogens is 282 g/mol. The minimum atomic E-state index is -1.04. The third-order valence-corrected chi connectivity index (χ3v) is 4.02. The molecule has 1 N–H and O–H groups in total. The number of rotatable bonds is 7. The summed E-state index contributed by atoms with van der Waals surface area (Å²) in [6.45, 7) is 5.89. The van der Waals surface area contributed by atoms with E-state index in [0.717, 1.165) is 12.8 Å². The van der Waals surface area contributed by atoms with E-state index in [2.05, 4.69) is 20.8 Å². The van der Waals surface area contributed by atoms with Gasteiger partial charge in [-0.05, 0) is 43.9 Å². The number of carboxylic acid groups (broad SMARTS) is 1. The highest BCUT2D eigenvalue weighted by atomic mass is 16.5. The van der Waals surface area contributed by atoms with E-state index in [0.29, 0.717) is 23.3 Å². The van der Waals surface area contributed by atoms with Gasteiger partial charge in [0.25, 0.3) is 5.91 Å². The van der Waals surface area contributed by atoms with Crippen molar-refractivity contribution in [1.29, 1.82) is 0 Å². The number of carbonyl (C=O) groups is 2. The molecule has 1 amide bonds. The molecule has 120 valence electrons. The van der Waals surface area contributed by atoms with Gasteiger partial charge in [0, 0.05) is 17.6 Å². The summed E-state index contributed by atoms with van der Waals surface area (Å²) in [7, 11) is 0. The van der Waals surface area contributed by atoms with Crippen LogP contribution in [0.15, 0.2) is 24.3 Å². The highest BCUT2D eigenvalue weighted by Gasteiger charge is 2.37. The highest BCUT2D eigenvalue weighted by Crippen LogP contribution is 2.32. The minimum Gasteiger partial charge on any atom is -0.482 e. The fourth-order valence-electron chi connectivity index (χ4n) is 2.37. The molecule has 0 aliphatic heterocycles. The zero-order valence-electron chi connectivity index (χ0n) is 13.3. The largest absolute Gasteiger partial charge is 0.482 e. The van der Waals surface area contributed by atoms with Crippen LogP contribution in [0.1, 0.15) is 44.0 Å². The number of carbonyl (C=O) groups excluding carboxylic acids is 1. The van der Waals surface area contributed by atoms with Crippen molar-refractivity contribution in [3.63, 3.8) is 0 Å². The van der Waals surface area contributed by atoms with Gasteiger partial charge in [-0.1, -0.05) is 19.9 Å². The Kier molecular flexibility index (Phi) is 5.06. The first-order chi connectivity index (χ1) is 10.4. The lowest BCUT2D eigenvalue weighted by molar-refractivity contribution is -0.139. The first-order valence-corrected chi connectivity index (χ1v) is 7.67. The molecule has 1 aromatic rings. The molecule has 1 unspecified atom stereocenters. The van der Waals surface area contributed by atoms with E-state index in [1.165, 1.54) is 0 Å². The normalized spacial score (nSPS) is 15.5. The molecule has 5 nitrogen and oxygen atoms in total. The van der Waals surface area contributed by atoms with E-state index in [4.69, 9.17) is 9.84 Å². The van der Waals surface area contributed by atoms with Crippen molar-refractivity contribution < 1.29 is 19.4 Å². The van der Waals surface area contributed by atoms with Gasteiger partial charge in [-0.15, -0.1) is 0 Å². The summed E-state index contributed by atoms with van der Waals surface area (Å²) in [5.41, 5.74) is 0.544. The molecule has 1 saturated carbocycles. The van der Waals surface area contributed by atoms with Gasteiger partial charge < -0.3 is 14.7 Å². The summed E-state index contributed by atoms with van der Waals surface area (Å²) in [6, 6.07) is 7.24. The number of nitrogens with zero attached hydrogens (tertiary/aromatic N) is 1. The summed E-state index contributed by atoms with van der Waals surface area (Å²) < 4.78 is 5.15. The molecule has 1 aliphatic rings. The van der Waals surface area contributed by atoms with Gasteiger partial charge in [-0.25, -0.2) is 4.79 Å². The Labute approximate surface area is 130 Å². The van der Waals surface area contributed by atoms with Crippen LogP contribution in [0.3, 0.4) is 0 Å². The predicted molar refractivity (Wildman–Crippen MR) is 83.1 cm³/mol. The van der Waals surface area contributed by atoms with Gasteiger partial charge in [0.15, 0.2) is 6.61 Å². The van der Waals surface area contributed by atoms with Gasteiger partial charge >= 0.3 is 5.97 Å². The SMILES string of the molecule is CC(C)C(C)N(C(=O)c1cccc(OCC(=O)O)c1)C1CC1. The number of ether oxygens (including phenoxy) is 1. The van der Waals surface area contributed by atoms with E-state index in [-0.39, 0.29) is 11.9 Å². The minimum absolute atomic E-state index is 0.00975. The maximum absolute atomic E-state index is 12.8. The number of benzene rings is 1. The third kappa shape index (κ3) is 4.00. The Morgan fingerprint density at radius 2 is 2.00 bits per heavy atom. The number of amides is 1. The van der Waals surface area contributed by atoms with Crippen LogP contribution < -0.4 is 4.74 Å². The lowest BCUT2D eigenvalue weighted by atomic mass is 10.0. The van der Waals surface area contributed by atoms with Crippen LogP contribution in [-0.2, 0) is 4.79 Å². The molecule has 0 heterocycles. The Morgan fingerprint density at radius 1 is 1.32 bits per heavy atom. The zero-order valence-corrected chi connectivity index (χ0v) is 13.3.